The van der Waals surface area contributed by atoms with Crippen LogP contribution >= 0.6 is 0 Å². The van der Waals surface area contributed by atoms with Crippen molar-refractivity contribution in [2.45, 2.75) is 19.0 Å². The SMILES string of the molecule is O=C(NCC(F)(F)F)C1CCCN(C(=O)c2c(O)cccc2F)C1. The van der Waals surface area contributed by atoms with E-state index in [1.165, 1.54) is 11.0 Å². The number of rotatable bonds is 3. The Kier molecular flexibility index (Phi) is 5.30. The monoisotopic (exact) mass is 348 g/mol. The molecule has 1 heterocycles. The Bertz CT molecular complexity index is 613. The van der Waals surface area contributed by atoms with Crippen molar-refractivity contribution in [2.24, 2.45) is 5.92 Å². The molecule has 5 nitrogen and oxygen atoms in total. The molecule has 9 heteroatoms. The topological polar surface area (TPSA) is 69.6 Å². The number of halogens is 4. The number of alkyl halides is 3. The number of benzene rings is 1. The van der Waals surface area contributed by atoms with Gasteiger partial charge in [-0.15, -0.1) is 0 Å². The van der Waals surface area contributed by atoms with Crippen molar-refractivity contribution in [2.75, 3.05) is 19.6 Å². The molecule has 1 fully saturated rings. The van der Waals surface area contributed by atoms with Gasteiger partial charge >= 0.3 is 6.18 Å². The van der Waals surface area contributed by atoms with E-state index < -0.39 is 47.6 Å². The number of nitrogens with zero attached hydrogens (tertiary/aromatic N) is 1. The van der Waals surface area contributed by atoms with Crippen molar-refractivity contribution < 1.29 is 32.3 Å². The van der Waals surface area contributed by atoms with Gasteiger partial charge in [0.2, 0.25) is 5.91 Å². The summed E-state index contributed by atoms with van der Waals surface area (Å²) in [4.78, 5) is 25.3. The maximum atomic E-state index is 13.8. The van der Waals surface area contributed by atoms with E-state index >= 15 is 0 Å². The Morgan fingerprint density at radius 1 is 1.33 bits per heavy atom. The van der Waals surface area contributed by atoms with Crippen LogP contribution in [0.15, 0.2) is 18.2 Å². The van der Waals surface area contributed by atoms with Crippen LogP contribution in [0.25, 0.3) is 0 Å². The zero-order chi connectivity index (χ0) is 17.9. The van der Waals surface area contributed by atoms with Crippen molar-refractivity contribution in [1.29, 1.82) is 0 Å². The van der Waals surface area contributed by atoms with Gasteiger partial charge in [-0.25, -0.2) is 4.39 Å². The average molecular weight is 348 g/mol. The van der Waals surface area contributed by atoms with Crippen LogP contribution < -0.4 is 5.32 Å². The Hall–Kier alpha value is -2.32. The second kappa shape index (κ2) is 7.06. The highest BCUT2D eigenvalue weighted by Crippen LogP contribution is 2.25. The van der Waals surface area contributed by atoms with Crippen LogP contribution in [0.5, 0.6) is 5.75 Å². The molecule has 1 unspecified atom stereocenters. The highest BCUT2D eigenvalue weighted by molar-refractivity contribution is 5.97. The number of phenols is 1. The van der Waals surface area contributed by atoms with Crippen molar-refractivity contribution in [3.05, 3.63) is 29.6 Å². The molecule has 1 atom stereocenters. The smallest absolute Gasteiger partial charge is 0.405 e. The van der Waals surface area contributed by atoms with Crippen molar-refractivity contribution >= 4 is 11.8 Å². The lowest BCUT2D eigenvalue weighted by molar-refractivity contribution is -0.141. The molecule has 2 rings (SSSR count). The molecule has 1 aromatic rings. The van der Waals surface area contributed by atoms with E-state index in [-0.39, 0.29) is 13.1 Å². The fourth-order valence-electron chi connectivity index (χ4n) is 2.59. The van der Waals surface area contributed by atoms with Gasteiger partial charge in [0.25, 0.3) is 5.91 Å². The van der Waals surface area contributed by atoms with Crippen LogP contribution in [0, 0.1) is 11.7 Å². The third-order valence-corrected chi connectivity index (χ3v) is 3.75. The third-order valence-electron chi connectivity index (χ3n) is 3.75. The van der Waals surface area contributed by atoms with E-state index in [2.05, 4.69) is 0 Å². The lowest BCUT2D eigenvalue weighted by atomic mass is 9.96. The van der Waals surface area contributed by atoms with Crippen molar-refractivity contribution in [3.8, 4) is 5.75 Å². The number of piperidine rings is 1. The fraction of sp³-hybridized carbons (Fsp3) is 0.467. The first-order chi connectivity index (χ1) is 11.2. The summed E-state index contributed by atoms with van der Waals surface area (Å²) in [6.07, 6.45) is -3.79. The maximum Gasteiger partial charge on any atom is 0.405 e. The first kappa shape index (κ1) is 18.0. The standard InChI is InChI=1S/C15H16F4N2O3/c16-10-4-1-5-11(22)12(10)14(24)21-6-2-3-9(7-21)13(23)20-8-15(17,18)19/h1,4-5,9,22H,2-3,6-8H2,(H,20,23). The zero-order valence-corrected chi connectivity index (χ0v) is 12.6. The minimum Gasteiger partial charge on any atom is -0.507 e. The molecule has 1 aromatic carbocycles. The van der Waals surface area contributed by atoms with E-state index in [0.29, 0.717) is 12.8 Å². The molecule has 1 aliphatic heterocycles. The summed E-state index contributed by atoms with van der Waals surface area (Å²) in [6.45, 7) is -1.34. The zero-order valence-electron chi connectivity index (χ0n) is 12.6. The van der Waals surface area contributed by atoms with E-state index in [1.54, 1.807) is 5.32 Å². The Balaban J connectivity index is 2.05. The van der Waals surface area contributed by atoms with Gasteiger partial charge in [-0.2, -0.15) is 13.2 Å². The van der Waals surface area contributed by atoms with E-state index in [4.69, 9.17) is 0 Å². The Labute approximate surface area is 135 Å². The molecule has 24 heavy (non-hydrogen) atoms. The van der Waals surface area contributed by atoms with Gasteiger partial charge in [0.05, 0.1) is 5.92 Å². The molecule has 2 amide bonds. The quantitative estimate of drug-likeness (QED) is 0.822. The maximum absolute atomic E-state index is 13.8. The lowest BCUT2D eigenvalue weighted by Crippen LogP contribution is -2.47. The van der Waals surface area contributed by atoms with Crippen molar-refractivity contribution in [1.82, 2.24) is 10.2 Å². The Morgan fingerprint density at radius 3 is 2.67 bits per heavy atom. The normalized spacial score (nSPS) is 18.3. The predicted octanol–water partition coefficient (Wildman–Crippen LogP) is 2.06. The summed E-state index contributed by atoms with van der Waals surface area (Å²) in [5.41, 5.74) is -0.506. The highest BCUT2D eigenvalue weighted by atomic mass is 19.4. The van der Waals surface area contributed by atoms with Gasteiger partial charge in [0, 0.05) is 13.1 Å². The van der Waals surface area contributed by atoms with E-state index in [9.17, 15) is 32.3 Å². The van der Waals surface area contributed by atoms with Crippen LogP contribution in [0.3, 0.4) is 0 Å². The van der Waals surface area contributed by atoms with Crippen LogP contribution in [-0.4, -0.2) is 47.6 Å². The summed E-state index contributed by atoms with van der Waals surface area (Å²) in [5.74, 6) is -3.83. The minimum absolute atomic E-state index is 0.129. The molecule has 1 aliphatic rings. The molecular weight excluding hydrogens is 332 g/mol. The molecule has 0 saturated carbocycles. The third kappa shape index (κ3) is 4.36. The van der Waals surface area contributed by atoms with Gasteiger partial charge in [-0.05, 0) is 25.0 Å². The van der Waals surface area contributed by atoms with Gasteiger partial charge < -0.3 is 15.3 Å². The molecule has 0 aromatic heterocycles. The van der Waals surface area contributed by atoms with Crippen LogP contribution in [-0.2, 0) is 4.79 Å². The summed E-state index contributed by atoms with van der Waals surface area (Å²) >= 11 is 0. The number of hydrogen-bond acceptors (Lipinski definition) is 3. The van der Waals surface area contributed by atoms with Gasteiger partial charge in [0.1, 0.15) is 23.7 Å². The molecule has 0 radical (unpaired) electrons. The molecule has 1 saturated heterocycles. The Morgan fingerprint density at radius 2 is 2.04 bits per heavy atom. The number of carbonyl (C=O) groups excluding carboxylic acids is 2. The van der Waals surface area contributed by atoms with Crippen molar-refractivity contribution in [3.63, 3.8) is 0 Å². The first-order valence-electron chi connectivity index (χ1n) is 7.30. The molecule has 2 N–H and O–H groups in total. The summed E-state index contributed by atoms with van der Waals surface area (Å²) in [7, 11) is 0. The summed E-state index contributed by atoms with van der Waals surface area (Å²) in [6, 6.07) is 3.42. The van der Waals surface area contributed by atoms with Gasteiger partial charge in [0.15, 0.2) is 0 Å². The minimum atomic E-state index is -4.52. The number of likely N-dealkylation sites (tertiary alicyclic amines) is 1. The molecule has 0 aliphatic carbocycles. The van der Waals surface area contributed by atoms with Gasteiger partial charge in [-0.1, -0.05) is 6.07 Å². The fourth-order valence-corrected chi connectivity index (χ4v) is 2.59. The second-order valence-corrected chi connectivity index (χ2v) is 5.56. The summed E-state index contributed by atoms with van der Waals surface area (Å²) in [5, 5.41) is 11.4. The number of amides is 2. The van der Waals surface area contributed by atoms with E-state index in [0.717, 1.165) is 12.1 Å². The van der Waals surface area contributed by atoms with Crippen LogP contribution in [0.2, 0.25) is 0 Å². The molecule has 132 valence electrons. The molecular formula is C15H16F4N2O3. The lowest BCUT2D eigenvalue weighted by Gasteiger charge is -2.32. The number of nitrogens with one attached hydrogen (secondary N) is 1. The first-order valence-corrected chi connectivity index (χ1v) is 7.30. The van der Waals surface area contributed by atoms with Crippen LogP contribution in [0.4, 0.5) is 17.6 Å². The average Bonchev–Trinajstić information content (AvgIpc) is 2.51. The number of carbonyl (C=O) groups is 2. The number of hydrogen-bond donors (Lipinski definition) is 2. The predicted molar refractivity (Wildman–Crippen MR) is 75.8 cm³/mol. The number of aromatic hydroxyl groups is 1. The number of phenolic OH excluding ortho intramolecular Hbond substituents is 1. The van der Waals surface area contributed by atoms with Gasteiger partial charge in [-0.3, -0.25) is 9.59 Å². The van der Waals surface area contributed by atoms with E-state index in [1.807, 2.05) is 0 Å². The second-order valence-electron chi connectivity index (χ2n) is 5.56. The summed E-state index contributed by atoms with van der Waals surface area (Å²) < 4.78 is 50.2. The van der Waals surface area contributed by atoms with Crippen LogP contribution in [0.1, 0.15) is 23.2 Å². The molecule has 0 spiro atoms. The largest absolute Gasteiger partial charge is 0.507 e. The highest BCUT2D eigenvalue weighted by Gasteiger charge is 2.33. The molecule has 0 bridgehead atoms.